The fourth-order valence-electron chi connectivity index (χ4n) is 4.24. The van der Waals surface area contributed by atoms with E-state index in [1.807, 2.05) is 77.3 Å². The first kappa shape index (κ1) is 15.6. The molecule has 0 atom stereocenters. The second-order valence-electron chi connectivity index (χ2n) is 6.95. The quantitative estimate of drug-likeness (QED) is 0.332. The van der Waals surface area contributed by atoms with Crippen LogP contribution in [0.4, 0.5) is 0 Å². The number of fused-ring (bicyclic) bond motifs is 5. The number of aromatic nitrogens is 2. The van der Waals surface area contributed by atoms with Crippen molar-refractivity contribution in [2.45, 2.75) is 0 Å². The lowest BCUT2D eigenvalue weighted by Crippen LogP contribution is -2.13. The Morgan fingerprint density at radius 2 is 1.46 bits per heavy atom. The molecule has 0 unspecified atom stereocenters. The number of hydrogen-bond acceptors (Lipinski definition) is 2. The zero-order valence-corrected chi connectivity index (χ0v) is 15.4. The Hall–Kier alpha value is -3.43. The first-order valence-electron chi connectivity index (χ1n) is 9.06. The summed E-state index contributed by atoms with van der Waals surface area (Å²) < 4.78 is 1.81. The standard InChI is InChI=1S/C24H13ClN2O/c25-15-11-9-14(10-12-15)19-13-26-22-16-5-1-2-6-17(16)24(28)27-20-8-4-3-7-18(20)21(19)23(22)27/h1-13H. The van der Waals surface area contributed by atoms with Crippen molar-refractivity contribution >= 4 is 49.7 Å². The fraction of sp³-hybridized carbons (Fsp3) is 0. The van der Waals surface area contributed by atoms with Gasteiger partial charge in [0.1, 0.15) is 0 Å². The van der Waals surface area contributed by atoms with E-state index in [-0.39, 0.29) is 5.56 Å². The van der Waals surface area contributed by atoms with Crippen LogP contribution in [-0.4, -0.2) is 9.38 Å². The molecule has 0 aliphatic rings. The van der Waals surface area contributed by atoms with Crippen molar-refractivity contribution in [2.24, 2.45) is 0 Å². The van der Waals surface area contributed by atoms with E-state index in [1.165, 1.54) is 0 Å². The second kappa shape index (κ2) is 5.54. The highest BCUT2D eigenvalue weighted by molar-refractivity contribution is 6.30. The summed E-state index contributed by atoms with van der Waals surface area (Å²) in [6.45, 7) is 0. The van der Waals surface area contributed by atoms with Crippen molar-refractivity contribution in [1.29, 1.82) is 0 Å². The van der Waals surface area contributed by atoms with Gasteiger partial charge in [-0.05, 0) is 29.8 Å². The predicted molar refractivity (Wildman–Crippen MR) is 116 cm³/mol. The Labute approximate surface area is 164 Å². The van der Waals surface area contributed by atoms with Gasteiger partial charge < -0.3 is 0 Å². The van der Waals surface area contributed by atoms with Crippen LogP contribution in [0.1, 0.15) is 0 Å². The average Bonchev–Trinajstić information content (AvgIpc) is 3.09. The summed E-state index contributed by atoms with van der Waals surface area (Å²) in [5.74, 6) is 0. The molecule has 6 aromatic rings. The number of benzene rings is 3. The van der Waals surface area contributed by atoms with Gasteiger partial charge in [0.15, 0.2) is 0 Å². The minimum atomic E-state index is -0.00986. The molecule has 0 aliphatic heterocycles. The topological polar surface area (TPSA) is 34.4 Å². The van der Waals surface area contributed by atoms with Gasteiger partial charge in [0, 0.05) is 38.3 Å². The van der Waals surface area contributed by atoms with Crippen molar-refractivity contribution in [2.75, 3.05) is 0 Å². The van der Waals surface area contributed by atoms with Crippen LogP contribution in [0.2, 0.25) is 5.02 Å². The average molecular weight is 381 g/mol. The molecule has 0 saturated heterocycles. The lowest BCUT2D eigenvalue weighted by atomic mass is 10.00. The zero-order valence-electron chi connectivity index (χ0n) is 14.7. The summed E-state index contributed by atoms with van der Waals surface area (Å²) in [5.41, 5.74) is 4.64. The number of hydrogen-bond donors (Lipinski definition) is 0. The number of pyridine rings is 2. The molecule has 0 aliphatic carbocycles. The summed E-state index contributed by atoms with van der Waals surface area (Å²) in [6.07, 6.45) is 1.91. The highest BCUT2D eigenvalue weighted by Crippen LogP contribution is 2.39. The molecule has 0 bridgehead atoms. The SMILES string of the molecule is O=c1c2ccccc2c2ncc(-c3ccc(Cl)cc3)c3c4ccccc4n1c23. The molecule has 6 rings (SSSR count). The Bertz CT molecular complexity index is 1580. The summed E-state index contributed by atoms with van der Waals surface area (Å²) in [7, 11) is 0. The third-order valence-electron chi connectivity index (χ3n) is 5.46. The van der Waals surface area contributed by atoms with Gasteiger partial charge in [0.25, 0.3) is 5.56 Å². The minimum absolute atomic E-state index is 0.00986. The van der Waals surface area contributed by atoms with E-state index in [9.17, 15) is 4.79 Å². The smallest absolute Gasteiger partial charge is 0.263 e. The zero-order chi connectivity index (χ0) is 18.8. The molecule has 0 amide bonds. The van der Waals surface area contributed by atoms with E-state index in [2.05, 4.69) is 6.07 Å². The molecule has 0 fully saturated rings. The summed E-state index contributed by atoms with van der Waals surface area (Å²) in [6, 6.07) is 23.5. The van der Waals surface area contributed by atoms with Gasteiger partial charge in [-0.25, -0.2) is 0 Å². The molecule has 28 heavy (non-hydrogen) atoms. The third kappa shape index (κ3) is 1.94. The molecule has 3 aromatic carbocycles. The fourth-order valence-corrected chi connectivity index (χ4v) is 4.37. The Kier molecular flexibility index (Phi) is 3.09. The minimum Gasteiger partial charge on any atom is -0.273 e. The van der Waals surface area contributed by atoms with Gasteiger partial charge in [0.2, 0.25) is 0 Å². The van der Waals surface area contributed by atoms with Crippen LogP contribution >= 0.6 is 11.6 Å². The lowest BCUT2D eigenvalue weighted by molar-refractivity contribution is 1.20. The second-order valence-corrected chi connectivity index (χ2v) is 7.39. The largest absolute Gasteiger partial charge is 0.273 e. The van der Waals surface area contributed by atoms with Crippen molar-refractivity contribution in [1.82, 2.24) is 9.38 Å². The van der Waals surface area contributed by atoms with Crippen molar-refractivity contribution < 1.29 is 0 Å². The summed E-state index contributed by atoms with van der Waals surface area (Å²) >= 11 is 6.08. The van der Waals surface area contributed by atoms with Crippen LogP contribution < -0.4 is 5.56 Å². The van der Waals surface area contributed by atoms with Gasteiger partial charge in [-0.2, -0.15) is 0 Å². The number of nitrogens with zero attached hydrogens (tertiary/aromatic N) is 2. The molecular formula is C24H13ClN2O. The van der Waals surface area contributed by atoms with Crippen molar-refractivity contribution in [3.8, 4) is 11.1 Å². The van der Waals surface area contributed by atoms with E-state index in [4.69, 9.17) is 16.6 Å². The number of rotatable bonds is 1. The Morgan fingerprint density at radius 3 is 2.25 bits per heavy atom. The molecule has 3 nitrogen and oxygen atoms in total. The van der Waals surface area contributed by atoms with Gasteiger partial charge >= 0.3 is 0 Å². The maximum atomic E-state index is 13.4. The maximum Gasteiger partial charge on any atom is 0.263 e. The monoisotopic (exact) mass is 380 g/mol. The van der Waals surface area contributed by atoms with Gasteiger partial charge in [-0.1, -0.05) is 60.1 Å². The molecule has 0 radical (unpaired) electrons. The third-order valence-corrected chi connectivity index (χ3v) is 5.71. The first-order valence-corrected chi connectivity index (χ1v) is 9.44. The van der Waals surface area contributed by atoms with E-state index in [0.29, 0.717) is 10.4 Å². The Morgan fingerprint density at radius 1 is 0.786 bits per heavy atom. The summed E-state index contributed by atoms with van der Waals surface area (Å²) in [4.78, 5) is 18.2. The molecule has 0 spiro atoms. The van der Waals surface area contributed by atoms with E-state index in [1.54, 1.807) is 0 Å². The van der Waals surface area contributed by atoms with Crippen molar-refractivity contribution in [3.05, 3.63) is 94.4 Å². The molecule has 3 aromatic heterocycles. The molecule has 132 valence electrons. The van der Waals surface area contributed by atoms with Crippen LogP contribution in [-0.2, 0) is 0 Å². The van der Waals surface area contributed by atoms with Crippen molar-refractivity contribution in [3.63, 3.8) is 0 Å². The highest BCUT2D eigenvalue weighted by atomic mass is 35.5. The predicted octanol–water partition coefficient (Wildman–Crippen LogP) is 5.91. The number of para-hydroxylation sites is 1. The van der Waals surface area contributed by atoms with E-state index >= 15 is 0 Å². The van der Waals surface area contributed by atoms with Gasteiger partial charge in [0.05, 0.1) is 16.6 Å². The molecule has 4 heteroatoms. The van der Waals surface area contributed by atoms with Crippen LogP contribution in [0.25, 0.3) is 49.2 Å². The molecule has 3 heterocycles. The highest BCUT2D eigenvalue weighted by Gasteiger charge is 2.20. The molecular weight excluding hydrogens is 368 g/mol. The van der Waals surface area contributed by atoms with E-state index < -0.39 is 0 Å². The first-order chi connectivity index (χ1) is 13.7. The van der Waals surface area contributed by atoms with Crippen LogP contribution in [0.3, 0.4) is 0 Å². The van der Waals surface area contributed by atoms with Gasteiger partial charge in [-0.3, -0.25) is 14.2 Å². The van der Waals surface area contributed by atoms with E-state index in [0.717, 1.165) is 43.8 Å². The summed E-state index contributed by atoms with van der Waals surface area (Å²) in [5, 5.41) is 4.36. The molecule has 0 N–H and O–H groups in total. The Balaban J connectivity index is 1.94. The van der Waals surface area contributed by atoms with Crippen LogP contribution in [0.5, 0.6) is 0 Å². The van der Waals surface area contributed by atoms with Crippen LogP contribution in [0.15, 0.2) is 83.8 Å². The van der Waals surface area contributed by atoms with Crippen LogP contribution in [0, 0.1) is 0 Å². The maximum absolute atomic E-state index is 13.4. The van der Waals surface area contributed by atoms with Gasteiger partial charge in [-0.15, -0.1) is 0 Å². The lowest BCUT2D eigenvalue weighted by Gasteiger charge is -2.09. The number of halogens is 1. The molecule has 0 saturated carbocycles. The normalized spacial score (nSPS) is 11.9.